The van der Waals surface area contributed by atoms with Gasteiger partial charge in [-0.05, 0) is 48.5 Å². The average Bonchev–Trinajstić information content (AvgIpc) is 3.23. The maximum Gasteiger partial charge on any atom is 0.335 e. The van der Waals surface area contributed by atoms with Gasteiger partial charge in [0.1, 0.15) is 5.72 Å². The van der Waals surface area contributed by atoms with Crippen LogP contribution in [0, 0.1) is 0 Å². The average molecular weight is 511 g/mol. The number of ether oxygens (including phenoxy) is 1. The predicted octanol–water partition coefficient (Wildman–Crippen LogP) is 1.28. The zero-order valence-electron chi connectivity index (χ0n) is 17.8. The van der Waals surface area contributed by atoms with Crippen molar-refractivity contribution >= 4 is 32.0 Å². The number of hydrogen-bond acceptors (Lipinski definition) is 7. The number of hydrogen-bond donors (Lipinski definition) is 2. The van der Waals surface area contributed by atoms with Crippen LogP contribution in [0.5, 0.6) is 0 Å². The lowest BCUT2D eigenvalue weighted by molar-refractivity contribution is -0.0806. The van der Waals surface area contributed by atoms with E-state index in [1.165, 1.54) is 57.1 Å². The van der Waals surface area contributed by atoms with Crippen LogP contribution >= 0.6 is 0 Å². The molecule has 2 aromatic rings. The number of sulfonamides is 2. The van der Waals surface area contributed by atoms with Gasteiger partial charge in [0.2, 0.25) is 20.0 Å². The Morgan fingerprint density at radius 1 is 0.735 bits per heavy atom. The summed E-state index contributed by atoms with van der Waals surface area (Å²) in [6, 6.07) is 9.76. The third kappa shape index (κ3) is 4.20. The fraction of sp³-hybridized carbons (Fsp3) is 0.333. The van der Waals surface area contributed by atoms with Gasteiger partial charge < -0.3 is 14.9 Å². The van der Waals surface area contributed by atoms with Crippen LogP contribution in [0.3, 0.4) is 0 Å². The van der Waals surface area contributed by atoms with Gasteiger partial charge in [-0.2, -0.15) is 8.61 Å². The second kappa shape index (κ2) is 8.74. The lowest BCUT2D eigenvalue weighted by atomic mass is 10.0. The summed E-state index contributed by atoms with van der Waals surface area (Å²) in [7, 11) is -7.92. The first kappa shape index (κ1) is 24.3. The lowest BCUT2D eigenvalue weighted by Crippen LogP contribution is -2.55. The second-order valence-electron chi connectivity index (χ2n) is 7.93. The SMILES string of the molecule is O=C(O)c1ccc(S(=O)(=O)N2CCC3(CC2)OCCN3S(=O)(=O)c2ccc(C(=O)O)cc2)cc1. The van der Waals surface area contributed by atoms with Crippen molar-refractivity contribution in [3.63, 3.8) is 0 Å². The molecule has 2 heterocycles. The van der Waals surface area contributed by atoms with Crippen molar-refractivity contribution in [1.29, 1.82) is 0 Å². The van der Waals surface area contributed by atoms with Gasteiger partial charge in [-0.15, -0.1) is 0 Å². The van der Waals surface area contributed by atoms with Gasteiger partial charge in [0, 0.05) is 32.5 Å². The van der Waals surface area contributed by atoms with Crippen molar-refractivity contribution in [2.24, 2.45) is 0 Å². The van der Waals surface area contributed by atoms with E-state index in [1.807, 2.05) is 0 Å². The van der Waals surface area contributed by atoms with Crippen LogP contribution < -0.4 is 0 Å². The third-order valence-electron chi connectivity index (χ3n) is 6.05. The van der Waals surface area contributed by atoms with Crippen LogP contribution in [0.15, 0.2) is 58.3 Å². The minimum atomic E-state index is -4.02. The van der Waals surface area contributed by atoms with E-state index in [0.29, 0.717) is 0 Å². The molecule has 0 radical (unpaired) electrons. The van der Waals surface area contributed by atoms with Gasteiger partial charge in [0.15, 0.2) is 0 Å². The molecule has 2 N–H and O–H groups in total. The van der Waals surface area contributed by atoms with Gasteiger partial charge in [0.25, 0.3) is 0 Å². The van der Waals surface area contributed by atoms with Crippen molar-refractivity contribution in [1.82, 2.24) is 8.61 Å². The first-order valence-electron chi connectivity index (χ1n) is 10.3. The van der Waals surface area contributed by atoms with Crippen LogP contribution in [-0.4, -0.2) is 79.6 Å². The van der Waals surface area contributed by atoms with E-state index in [4.69, 9.17) is 14.9 Å². The molecule has 2 aromatic carbocycles. The van der Waals surface area contributed by atoms with Crippen LogP contribution in [0.25, 0.3) is 0 Å². The summed E-state index contributed by atoms with van der Waals surface area (Å²) in [5.74, 6) is -2.34. The number of rotatable bonds is 6. The molecule has 0 unspecified atom stereocenters. The minimum absolute atomic E-state index is 0.00693. The standard InChI is InChI=1S/C21H22N2O9S2/c24-19(25)15-1-5-17(6-2-15)33(28,29)22-11-9-21(10-12-22)23(13-14-32-21)34(30,31)18-7-3-16(4-8-18)20(26)27/h1-8H,9-14H2,(H,24,25)(H,26,27). The van der Waals surface area contributed by atoms with Gasteiger partial charge in [0.05, 0.1) is 27.5 Å². The number of carboxylic acids is 2. The highest BCUT2D eigenvalue weighted by atomic mass is 32.2. The molecule has 11 nitrogen and oxygen atoms in total. The molecule has 182 valence electrons. The zero-order valence-corrected chi connectivity index (χ0v) is 19.5. The van der Waals surface area contributed by atoms with Crippen molar-refractivity contribution in [2.45, 2.75) is 28.4 Å². The van der Waals surface area contributed by atoms with E-state index in [9.17, 15) is 26.4 Å². The molecule has 0 atom stereocenters. The summed E-state index contributed by atoms with van der Waals surface area (Å²) >= 11 is 0. The summed E-state index contributed by atoms with van der Waals surface area (Å²) in [6.07, 6.45) is 0.206. The Morgan fingerprint density at radius 3 is 1.62 bits per heavy atom. The lowest BCUT2D eigenvalue weighted by Gasteiger charge is -2.42. The molecule has 2 aliphatic rings. The molecule has 4 rings (SSSR count). The summed E-state index contributed by atoms with van der Waals surface area (Å²) in [5.41, 5.74) is -1.28. The first-order chi connectivity index (χ1) is 16.0. The van der Waals surface area contributed by atoms with Crippen LogP contribution in [0.2, 0.25) is 0 Å². The van der Waals surface area contributed by atoms with Crippen LogP contribution in [0.4, 0.5) is 0 Å². The van der Waals surface area contributed by atoms with Crippen LogP contribution in [0.1, 0.15) is 33.6 Å². The summed E-state index contributed by atoms with van der Waals surface area (Å²) < 4.78 is 60.9. The molecule has 13 heteroatoms. The molecule has 34 heavy (non-hydrogen) atoms. The predicted molar refractivity (Wildman–Crippen MR) is 117 cm³/mol. The van der Waals surface area contributed by atoms with Gasteiger partial charge in [-0.1, -0.05) is 0 Å². The molecule has 0 saturated carbocycles. The summed E-state index contributed by atoms with van der Waals surface area (Å²) in [5, 5.41) is 18.0. The van der Waals surface area contributed by atoms with E-state index in [0.717, 1.165) is 0 Å². The molecular formula is C21H22N2O9S2. The highest BCUT2D eigenvalue weighted by Crippen LogP contribution is 2.39. The summed E-state index contributed by atoms with van der Waals surface area (Å²) in [4.78, 5) is 22.0. The normalized spacial score (nSPS) is 19.3. The number of carbonyl (C=O) groups is 2. The molecule has 2 aliphatic heterocycles. The van der Waals surface area contributed by atoms with Crippen molar-refractivity contribution < 1.29 is 41.4 Å². The van der Waals surface area contributed by atoms with Crippen molar-refractivity contribution in [3.05, 3.63) is 59.7 Å². The molecular weight excluding hydrogens is 488 g/mol. The highest BCUT2D eigenvalue weighted by molar-refractivity contribution is 7.89. The van der Waals surface area contributed by atoms with E-state index in [2.05, 4.69) is 0 Å². The summed E-state index contributed by atoms with van der Waals surface area (Å²) in [6.45, 7) is 0.252. The van der Waals surface area contributed by atoms with Crippen molar-refractivity contribution in [2.75, 3.05) is 26.2 Å². The van der Waals surface area contributed by atoms with Gasteiger partial charge >= 0.3 is 11.9 Å². The highest BCUT2D eigenvalue weighted by Gasteiger charge is 2.51. The molecule has 1 spiro atoms. The topological polar surface area (TPSA) is 159 Å². The molecule has 2 fully saturated rings. The Morgan fingerprint density at radius 2 is 1.18 bits per heavy atom. The maximum atomic E-state index is 13.3. The fourth-order valence-corrected chi connectivity index (χ4v) is 7.38. The molecule has 0 bridgehead atoms. The Hall–Kier alpha value is -2.84. The Bertz CT molecular complexity index is 1310. The number of nitrogens with zero attached hydrogens (tertiary/aromatic N) is 2. The monoisotopic (exact) mass is 510 g/mol. The number of carboxylic acid groups (broad SMARTS) is 2. The molecule has 0 aromatic heterocycles. The van der Waals surface area contributed by atoms with E-state index < -0.39 is 37.7 Å². The Kier molecular flexibility index (Phi) is 6.25. The van der Waals surface area contributed by atoms with Gasteiger partial charge in [-0.3, -0.25) is 0 Å². The third-order valence-corrected chi connectivity index (χ3v) is 9.93. The Labute approximate surface area is 196 Å². The maximum absolute atomic E-state index is 13.3. The van der Waals surface area contributed by atoms with Gasteiger partial charge in [-0.25, -0.2) is 26.4 Å². The largest absolute Gasteiger partial charge is 0.478 e. The van der Waals surface area contributed by atoms with E-state index in [1.54, 1.807) is 0 Å². The number of aromatic carboxylic acids is 2. The molecule has 0 amide bonds. The second-order valence-corrected chi connectivity index (χ2v) is 11.7. The van der Waals surface area contributed by atoms with E-state index >= 15 is 0 Å². The van der Waals surface area contributed by atoms with Crippen LogP contribution in [-0.2, 0) is 24.8 Å². The Balaban J connectivity index is 1.53. The molecule has 0 aliphatic carbocycles. The smallest absolute Gasteiger partial charge is 0.335 e. The van der Waals surface area contributed by atoms with E-state index in [-0.39, 0.29) is 60.0 Å². The molecule has 2 saturated heterocycles. The zero-order chi connectivity index (χ0) is 24.7. The minimum Gasteiger partial charge on any atom is -0.478 e. The number of piperidine rings is 1. The first-order valence-corrected chi connectivity index (χ1v) is 13.2. The quantitative estimate of drug-likeness (QED) is 0.584. The number of benzene rings is 2. The fourth-order valence-electron chi connectivity index (χ4n) is 4.22. The van der Waals surface area contributed by atoms with Crippen molar-refractivity contribution in [3.8, 4) is 0 Å².